The van der Waals surface area contributed by atoms with Crippen LogP contribution in [-0.4, -0.2) is 40.6 Å². The minimum atomic E-state index is -0.683. The molecule has 0 spiro atoms. The number of hydrogen-bond acceptors (Lipinski definition) is 3. The van der Waals surface area contributed by atoms with Gasteiger partial charge < -0.3 is 15.7 Å². The molecule has 0 bridgehead atoms. The highest BCUT2D eigenvalue weighted by Gasteiger charge is 2.38. The number of carbonyl (C=O) groups is 1. The molecule has 4 heteroatoms. The monoisotopic (exact) mass is 228 g/mol. The van der Waals surface area contributed by atoms with Gasteiger partial charge in [0.1, 0.15) is 0 Å². The molecule has 0 aliphatic heterocycles. The molecule has 0 aromatic carbocycles. The van der Waals surface area contributed by atoms with Crippen molar-refractivity contribution in [2.24, 2.45) is 5.73 Å². The normalized spacial score (nSPS) is 19.8. The molecule has 0 unspecified atom stereocenters. The van der Waals surface area contributed by atoms with Gasteiger partial charge in [-0.1, -0.05) is 19.3 Å². The lowest BCUT2D eigenvalue weighted by atomic mass is 9.81. The molecule has 1 rings (SSSR count). The average molecular weight is 228 g/mol. The molecule has 1 aliphatic rings. The molecule has 3 N–H and O–H groups in total. The summed E-state index contributed by atoms with van der Waals surface area (Å²) in [7, 11) is 0. The summed E-state index contributed by atoms with van der Waals surface area (Å²) in [6, 6.07) is 0.0991. The van der Waals surface area contributed by atoms with Crippen LogP contribution in [0.2, 0.25) is 0 Å². The number of hydrogen-bond donors (Lipinski definition) is 2. The van der Waals surface area contributed by atoms with Crippen molar-refractivity contribution in [1.29, 1.82) is 0 Å². The highest BCUT2D eigenvalue weighted by Crippen LogP contribution is 2.28. The summed E-state index contributed by atoms with van der Waals surface area (Å²) >= 11 is 0. The zero-order valence-corrected chi connectivity index (χ0v) is 10.4. The highest BCUT2D eigenvalue weighted by atomic mass is 16.3. The van der Waals surface area contributed by atoms with Gasteiger partial charge in [-0.15, -0.1) is 0 Å². The zero-order valence-electron chi connectivity index (χ0n) is 10.4. The minimum absolute atomic E-state index is 0. The van der Waals surface area contributed by atoms with Crippen molar-refractivity contribution < 1.29 is 9.90 Å². The Hall–Kier alpha value is -0.610. The Morgan fingerprint density at radius 3 is 2.38 bits per heavy atom. The Morgan fingerprint density at radius 2 is 1.94 bits per heavy atom. The van der Waals surface area contributed by atoms with Gasteiger partial charge >= 0.3 is 0 Å². The van der Waals surface area contributed by atoms with E-state index in [1.54, 1.807) is 4.90 Å². The summed E-state index contributed by atoms with van der Waals surface area (Å²) in [5.74, 6) is 0.0104. The number of aliphatic hydroxyl groups excluding tert-OH is 1. The van der Waals surface area contributed by atoms with Crippen molar-refractivity contribution in [3.05, 3.63) is 0 Å². The number of nitrogens with zero attached hydrogens (tertiary/aromatic N) is 1. The number of amides is 1. The molecule has 1 amide bonds. The molecular weight excluding hydrogens is 204 g/mol. The van der Waals surface area contributed by atoms with Crippen molar-refractivity contribution in [2.75, 3.05) is 13.2 Å². The van der Waals surface area contributed by atoms with Crippen LogP contribution in [-0.2, 0) is 4.79 Å². The van der Waals surface area contributed by atoms with E-state index in [-0.39, 0.29) is 18.6 Å². The van der Waals surface area contributed by atoms with E-state index in [1.165, 1.54) is 6.42 Å². The highest BCUT2D eigenvalue weighted by molar-refractivity contribution is 5.86. The third-order valence-corrected chi connectivity index (χ3v) is 3.40. The van der Waals surface area contributed by atoms with Gasteiger partial charge in [0.25, 0.3) is 0 Å². The number of aliphatic hydroxyl groups is 1. The van der Waals surface area contributed by atoms with E-state index in [0.717, 1.165) is 25.7 Å². The molecule has 0 atom stereocenters. The van der Waals surface area contributed by atoms with Crippen molar-refractivity contribution in [2.45, 2.75) is 57.5 Å². The van der Waals surface area contributed by atoms with Crippen LogP contribution in [0.4, 0.5) is 0 Å². The molecule has 0 radical (unpaired) electrons. The maximum Gasteiger partial charge on any atom is 0.242 e. The lowest BCUT2D eigenvalue weighted by Gasteiger charge is -2.38. The lowest BCUT2D eigenvalue weighted by Crippen LogP contribution is -2.58. The van der Waals surface area contributed by atoms with Crippen molar-refractivity contribution in [1.82, 2.24) is 4.90 Å². The largest absolute Gasteiger partial charge is 0.395 e. The van der Waals surface area contributed by atoms with Crippen LogP contribution in [0.3, 0.4) is 0 Å². The Bertz CT molecular complexity index is 235. The second kappa shape index (κ2) is 5.64. The smallest absolute Gasteiger partial charge is 0.242 e. The molecule has 0 saturated heterocycles. The van der Waals surface area contributed by atoms with E-state index < -0.39 is 5.54 Å². The molecule has 1 aliphatic carbocycles. The van der Waals surface area contributed by atoms with Gasteiger partial charge in [-0.05, 0) is 26.7 Å². The summed E-state index contributed by atoms with van der Waals surface area (Å²) in [5, 5.41) is 8.98. The van der Waals surface area contributed by atoms with Gasteiger partial charge in [0.05, 0.1) is 12.1 Å². The van der Waals surface area contributed by atoms with E-state index in [1.807, 2.05) is 13.8 Å². The minimum Gasteiger partial charge on any atom is -0.395 e. The van der Waals surface area contributed by atoms with E-state index in [2.05, 4.69) is 0 Å². The lowest BCUT2D eigenvalue weighted by molar-refractivity contribution is -0.140. The Labute approximate surface area is 97.8 Å². The summed E-state index contributed by atoms with van der Waals surface area (Å²) in [4.78, 5) is 14.0. The van der Waals surface area contributed by atoms with Crippen molar-refractivity contribution >= 4 is 5.91 Å². The van der Waals surface area contributed by atoms with E-state index in [9.17, 15) is 4.79 Å². The first-order chi connectivity index (χ1) is 7.51. The zero-order chi connectivity index (χ0) is 12.2. The molecule has 4 nitrogen and oxygen atoms in total. The topological polar surface area (TPSA) is 66.6 Å². The molecule has 1 saturated carbocycles. The first-order valence-corrected chi connectivity index (χ1v) is 6.22. The molecule has 1 fully saturated rings. The van der Waals surface area contributed by atoms with Gasteiger partial charge in [-0.25, -0.2) is 0 Å². The molecule has 94 valence electrons. The quantitative estimate of drug-likeness (QED) is 0.750. The summed E-state index contributed by atoms with van der Waals surface area (Å²) in [5.41, 5.74) is 5.52. The molecule has 0 heterocycles. The van der Waals surface area contributed by atoms with Crippen LogP contribution in [0.25, 0.3) is 0 Å². The van der Waals surface area contributed by atoms with Gasteiger partial charge in [-0.2, -0.15) is 0 Å². The van der Waals surface area contributed by atoms with Crippen LogP contribution in [0.5, 0.6) is 0 Å². The fourth-order valence-corrected chi connectivity index (χ4v) is 2.38. The third-order valence-electron chi connectivity index (χ3n) is 3.40. The van der Waals surface area contributed by atoms with Gasteiger partial charge in [-0.3, -0.25) is 4.79 Å². The Kier molecular flexibility index (Phi) is 4.74. The standard InChI is InChI=1S/C12H24N2O2/c1-10(2)14(8-9-15)11(16)12(13)6-4-3-5-7-12/h10,15H,3-9,13H2,1-2H3. The van der Waals surface area contributed by atoms with Crippen LogP contribution in [0.1, 0.15) is 46.0 Å². The maximum absolute atomic E-state index is 12.3. The Balaban J connectivity index is 2.72. The van der Waals surface area contributed by atoms with Crippen LogP contribution >= 0.6 is 0 Å². The van der Waals surface area contributed by atoms with Crippen molar-refractivity contribution in [3.63, 3.8) is 0 Å². The number of carbonyl (C=O) groups excluding carboxylic acids is 1. The second-order valence-electron chi connectivity index (χ2n) is 5.03. The SMILES string of the molecule is CC(C)N(CCO)C(=O)C1(N)CCCCC1. The van der Waals surface area contributed by atoms with Crippen LogP contribution < -0.4 is 5.73 Å². The summed E-state index contributed by atoms with van der Waals surface area (Å²) < 4.78 is 0. The molecular formula is C12H24N2O2. The predicted molar refractivity (Wildman–Crippen MR) is 63.9 cm³/mol. The van der Waals surface area contributed by atoms with Crippen molar-refractivity contribution in [3.8, 4) is 0 Å². The van der Waals surface area contributed by atoms with Gasteiger partial charge in [0, 0.05) is 12.6 Å². The molecule has 0 aromatic rings. The van der Waals surface area contributed by atoms with E-state index in [4.69, 9.17) is 10.8 Å². The third kappa shape index (κ3) is 2.95. The first kappa shape index (κ1) is 13.5. The Morgan fingerprint density at radius 1 is 1.38 bits per heavy atom. The number of rotatable bonds is 4. The second-order valence-corrected chi connectivity index (χ2v) is 5.03. The van der Waals surface area contributed by atoms with Gasteiger partial charge in [0.15, 0.2) is 0 Å². The number of nitrogens with two attached hydrogens (primary N) is 1. The van der Waals surface area contributed by atoms with Crippen LogP contribution in [0.15, 0.2) is 0 Å². The predicted octanol–water partition coefficient (Wildman–Crippen LogP) is 0.877. The maximum atomic E-state index is 12.3. The fourth-order valence-electron chi connectivity index (χ4n) is 2.38. The van der Waals surface area contributed by atoms with E-state index in [0.29, 0.717) is 6.54 Å². The fraction of sp³-hybridized carbons (Fsp3) is 0.917. The van der Waals surface area contributed by atoms with E-state index >= 15 is 0 Å². The van der Waals surface area contributed by atoms with Gasteiger partial charge in [0.2, 0.25) is 5.91 Å². The molecule has 0 aromatic heterocycles. The molecule has 16 heavy (non-hydrogen) atoms. The summed E-state index contributed by atoms with van der Waals surface area (Å²) in [6.07, 6.45) is 4.80. The first-order valence-electron chi connectivity index (χ1n) is 6.22. The summed E-state index contributed by atoms with van der Waals surface area (Å²) in [6.45, 7) is 4.30. The van der Waals surface area contributed by atoms with Crippen LogP contribution in [0, 0.1) is 0 Å². The average Bonchev–Trinajstić information content (AvgIpc) is 2.25.